The van der Waals surface area contributed by atoms with Crippen LogP contribution in [0.1, 0.15) is 43.7 Å². The molecule has 132 valence electrons. The van der Waals surface area contributed by atoms with Crippen molar-refractivity contribution in [3.8, 4) is 0 Å². The molecule has 2 aromatic heterocycles. The lowest BCUT2D eigenvalue weighted by Gasteiger charge is -2.33. The summed E-state index contributed by atoms with van der Waals surface area (Å²) in [5.41, 5.74) is -0.292. The Morgan fingerprint density at radius 3 is 2.75 bits per heavy atom. The molecule has 2 atom stereocenters. The van der Waals surface area contributed by atoms with Gasteiger partial charge in [-0.05, 0) is 17.5 Å². The Morgan fingerprint density at radius 1 is 1.38 bits per heavy atom. The topological polar surface area (TPSA) is 63.4 Å². The van der Waals surface area contributed by atoms with E-state index in [4.69, 9.17) is 16.3 Å². The summed E-state index contributed by atoms with van der Waals surface area (Å²) < 4.78 is 8.52. The Balaban J connectivity index is 1.80. The Kier molecular flexibility index (Phi) is 4.88. The molecule has 24 heavy (non-hydrogen) atoms. The number of thiophene rings is 1. The summed E-state index contributed by atoms with van der Waals surface area (Å²) in [6.07, 6.45) is -0.694. The quantitative estimate of drug-likeness (QED) is 0.898. The summed E-state index contributed by atoms with van der Waals surface area (Å²) in [5.74, 6) is 1.34. The summed E-state index contributed by atoms with van der Waals surface area (Å²) in [4.78, 5) is 3.26. The molecule has 1 fully saturated rings. The number of halogens is 1. The third kappa shape index (κ3) is 3.44. The van der Waals surface area contributed by atoms with Gasteiger partial charge in [0.2, 0.25) is 5.95 Å². The number of morpholine rings is 1. The summed E-state index contributed by atoms with van der Waals surface area (Å²) in [5, 5.41) is 19.0. The lowest BCUT2D eigenvalue weighted by atomic mass is 9.89. The molecule has 0 spiro atoms. The maximum Gasteiger partial charge on any atom is 0.227 e. The van der Waals surface area contributed by atoms with Crippen LogP contribution in [0.25, 0.3) is 0 Å². The van der Waals surface area contributed by atoms with Gasteiger partial charge in [-0.3, -0.25) is 4.57 Å². The first-order chi connectivity index (χ1) is 11.3. The van der Waals surface area contributed by atoms with E-state index in [9.17, 15) is 5.11 Å². The Hall–Kier alpha value is -1.15. The molecular weight excluding hydrogens is 348 g/mol. The fourth-order valence-corrected chi connectivity index (χ4v) is 3.84. The molecule has 1 N–H and O–H groups in total. The Morgan fingerprint density at radius 2 is 2.12 bits per heavy atom. The van der Waals surface area contributed by atoms with Crippen LogP contribution in [-0.2, 0) is 11.8 Å². The lowest BCUT2D eigenvalue weighted by Crippen LogP contribution is -2.39. The number of ether oxygens (including phenoxy) is 1. The predicted molar refractivity (Wildman–Crippen MR) is 95.7 cm³/mol. The molecule has 1 aliphatic heterocycles. The minimum atomic E-state index is -0.670. The van der Waals surface area contributed by atoms with Crippen molar-refractivity contribution in [3.05, 3.63) is 27.2 Å². The van der Waals surface area contributed by atoms with E-state index in [-0.39, 0.29) is 11.5 Å². The minimum Gasteiger partial charge on any atom is -0.385 e. The highest BCUT2D eigenvalue weighted by molar-refractivity contribution is 7.16. The molecule has 3 rings (SSSR count). The van der Waals surface area contributed by atoms with E-state index in [0.29, 0.717) is 19.0 Å². The van der Waals surface area contributed by atoms with E-state index in [1.165, 1.54) is 0 Å². The van der Waals surface area contributed by atoms with Gasteiger partial charge in [-0.1, -0.05) is 32.4 Å². The second-order valence-electron chi connectivity index (χ2n) is 7.13. The van der Waals surface area contributed by atoms with Crippen molar-refractivity contribution < 1.29 is 9.84 Å². The van der Waals surface area contributed by atoms with Gasteiger partial charge in [0, 0.05) is 18.5 Å². The van der Waals surface area contributed by atoms with Crippen LogP contribution in [-0.4, -0.2) is 39.6 Å². The van der Waals surface area contributed by atoms with Gasteiger partial charge in [0.05, 0.1) is 17.5 Å². The zero-order chi connectivity index (χ0) is 17.5. The molecule has 6 nitrogen and oxygen atoms in total. The Labute approximate surface area is 151 Å². The maximum absolute atomic E-state index is 10.5. The SMILES string of the molecule is Cn1c(C(O)C(C)(C)C)nnc1N1CCOC(c2ccc(Cl)s2)C1. The van der Waals surface area contributed by atoms with Crippen molar-refractivity contribution in [3.63, 3.8) is 0 Å². The first kappa shape index (κ1) is 17.7. The fraction of sp³-hybridized carbons (Fsp3) is 0.625. The van der Waals surface area contributed by atoms with Gasteiger partial charge in [-0.25, -0.2) is 0 Å². The van der Waals surface area contributed by atoms with Crippen LogP contribution in [0.2, 0.25) is 4.34 Å². The molecule has 0 saturated carbocycles. The first-order valence-corrected chi connectivity index (χ1v) is 9.16. The highest BCUT2D eigenvalue weighted by Gasteiger charge is 2.31. The standard InChI is InChI=1S/C16H23ClN4O2S/c1-16(2,3)13(22)14-18-19-15(20(14)4)21-7-8-23-10(9-21)11-5-6-12(17)24-11/h5-6,10,13,22H,7-9H2,1-4H3. The summed E-state index contributed by atoms with van der Waals surface area (Å²) in [7, 11) is 1.89. The van der Waals surface area contributed by atoms with E-state index in [2.05, 4.69) is 15.1 Å². The average molecular weight is 371 g/mol. The van der Waals surface area contributed by atoms with Gasteiger partial charge in [-0.15, -0.1) is 21.5 Å². The van der Waals surface area contributed by atoms with Crippen LogP contribution >= 0.6 is 22.9 Å². The Bertz CT molecular complexity index is 709. The van der Waals surface area contributed by atoms with Gasteiger partial charge < -0.3 is 14.7 Å². The third-order valence-corrected chi connectivity index (χ3v) is 5.53. The molecule has 2 aromatic rings. The number of nitrogens with zero attached hydrogens (tertiary/aromatic N) is 4. The number of aromatic nitrogens is 3. The monoisotopic (exact) mass is 370 g/mol. The molecule has 0 amide bonds. The van der Waals surface area contributed by atoms with Gasteiger partial charge >= 0.3 is 0 Å². The van der Waals surface area contributed by atoms with Gasteiger partial charge in [-0.2, -0.15) is 0 Å². The number of anilines is 1. The molecule has 0 aliphatic carbocycles. The van der Waals surface area contributed by atoms with E-state index in [0.717, 1.165) is 21.7 Å². The molecule has 1 aliphatic rings. The predicted octanol–water partition coefficient (Wildman–Crippen LogP) is 3.19. The average Bonchev–Trinajstić information content (AvgIpc) is 3.12. The van der Waals surface area contributed by atoms with E-state index in [1.54, 1.807) is 11.3 Å². The summed E-state index contributed by atoms with van der Waals surface area (Å²) in [6.45, 7) is 8.00. The zero-order valence-corrected chi connectivity index (χ0v) is 15.9. The van der Waals surface area contributed by atoms with Gasteiger partial charge in [0.15, 0.2) is 5.82 Å². The van der Waals surface area contributed by atoms with Crippen LogP contribution in [0.15, 0.2) is 12.1 Å². The van der Waals surface area contributed by atoms with Crippen LogP contribution in [0, 0.1) is 5.41 Å². The highest BCUT2D eigenvalue weighted by atomic mass is 35.5. The smallest absolute Gasteiger partial charge is 0.227 e. The molecule has 8 heteroatoms. The molecule has 0 bridgehead atoms. The second-order valence-corrected chi connectivity index (χ2v) is 8.88. The van der Waals surface area contributed by atoms with Crippen LogP contribution in [0.4, 0.5) is 5.95 Å². The summed E-state index contributed by atoms with van der Waals surface area (Å²) in [6, 6.07) is 3.90. The largest absolute Gasteiger partial charge is 0.385 e. The van der Waals surface area contributed by atoms with Crippen molar-refractivity contribution in [2.75, 3.05) is 24.6 Å². The second kappa shape index (κ2) is 6.63. The number of rotatable bonds is 3. The molecule has 0 radical (unpaired) electrons. The fourth-order valence-electron chi connectivity index (χ4n) is 2.74. The number of aliphatic hydroxyl groups excluding tert-OH is 1. The van der Waals surface area contributed by atoms with E-state index in [1.807, 2.05) is 44.5 Å². The first-order valence-electron chi connectivity index (χ1n) is 7.96. The third-order valence-electron chi connectivity index (χ3n) is 4.21. The van der Waals surface area contributed by atoms with E-state index < -0.39 is 6.10 Å². The van der Waals surface area contributed by atoms with Crippen molar-refractivity contribution in [2.45, 2.75) is 33.0 Å². The van der Waals surface area contributed by atoms with Crippen molar-refractivity contribution in [1.29, 1.82) is 0 Å². The van der Waals surface area contributed by atoms with Crippen molar-refractivity contribution in [2.24, 2.45) is 12.5 Å². The van der Waals surface area contributed by atoms with Crippen LogP contribution < -0.4 is 4.90 Å². The van der Waals surface area contributed by atoms with Gasteiger partial charge in [0.1, 0.15) is 12.2 Å². The summed E-state index contributed by atoms with van der Waals surface area (Å²) >= 11 is 7.57. The highest BCUT2D eigenvalue weighted by Crippen LogP contribution is 2.34. The lowest BCUT2D eigenvalue weighted by molar-refractivity contribution is 0.0409. The molecule has 0 aromatic carbocycles. The van der Waals surface area contributed by atoms with Crippen LogP contribution in [0.5, 0.6) is 0 Å². The molecule has 2 unspecified atom stereocenters. The molecule has 1 saturated heterocycles. The normalized spacial score (nSPS) is 20.4. The van der Waals surface area contributed by atoms with Gasteiger partial charge in [0.25, 0.3) is 0 Å². The van der Waals surface area contributed by atoms with Crippen molar-refractivity contribution >= 4 is 28.9 Å². The number of hydrogen-bond acceptors (Lipinski definition) is 6. The number of hydrogen-bond donors (Lipinski definition) is 1. The molecule has 3 heterocycles. The minimum absolute atomic E-state index is 0.0241. The van der Waals surface area contributed by atoms with Crippen molar-refractivity contribution in [1.82, 2.24) is 14.8 Å². The maximum atomic E-state index is 10.5. The molecular formula is C16H23ClN4O2S. The number of aliphatic hydroxyl groups is 1. The van der Waals surface area contributed by atoms with E-state index >= 15 is 0 Å². The van der Waals surface area contributed by atoms with Crippen LogP contribution in [0.3, 0.4) is 0 Å². The zero-order valence-electron chi connectivity index (χ0n) is 14.4.